The molecule has 0 radical (unpaired) electrons. The van der Waals surface area contributed by atoms with E-state index in [2.05, 4.69) is 5.32 Å². The third kappa shape index (κ3) is 5.99. The number of aliphatic hydroxyl groups is 1. The summed E-state index contributed by atoms with van der Waals surface area (Å²) < 4.78 is 13.4. The molecule has 0 atom stereocenters. The molecule has 0 bridgehead atoms. The van der Waals surface area contributed by atoms with Gasteiger partial charge >= 0.3 is 0 Å². The Morgan fingerprint density at radius 2 is 2.15 bits per heavy atom. The van der Waals surface area contributed by atoms with E-state index >= 15 is 0 Å². The summed E-state index contributed by atoms with van der Waals surface area (Å²) in [5.41, 5.74) is 5.20. The number of nitrogen functional groups attached to an aromatic ring is 1. The zero-order valence-corrected chi connectivity index (χ0v) is 12.1. The standard InChI is InChI=1S/C14H22FN3O2/c1-14(2,20)9-18(3)7-6-13(19)17-12-8-10(16)4-5-11(12)15/h4-5,8,20H,6-7,9,16H2,1-3H3,(H,17,19). The summed E-state index contributed by atoms with van der Waals surface area (Å²) in [4.78, 5) is 13.6. The highest BCUT2D eigenvalue weighted by Crippen LogP contribution is 2.17. The molecule has 5 nitrogen and oxygen atoms in total. The first-order chi connectivity index (χ1) is 9.17. The van der Waals surface area contributed by atoms with Crippen LogP contribution in [-0.2, 0) is 4.79 Å². The summed E-state index contributed by atoms with van der Waals surface area (Å²) in [5.74, 6) is -0.811. The molecule has 0 saturated heterocycles. The molecule has 4 N–H and O–H groups in total. The second-order valence-corrected chi connectivity index (χ2v) is 5.59. The molecular formula is C14H22FN3O2. The van der Waals surface area contributed by atoms with Gasteiger partial charge in [0.05, 0.1) is 11.3 Å². The van der Waals surface area contributed by atoms with Crippen molar-refractivity contribution in [1.29, 1.82) is 0 Å². The summed E-state index contributed by atoms with van der Waals surface area (Å²) in [7, 11) is 1.81. The molecule has 1 rings (SSSR count). The second kappa shape index (κ2) is 6.67. The van der Waals surface area contributed by atoms with Crippen LogP contribution >= 0.6 is 0 Å². The molecular weight excluding hydrogens is 261 g/mol. The van der Waals surface area contributed by atoms with Gasteiger partial charge in [0.1, 0.15) is 5.82 Å². The van der Waals surface area contributed by atoms with Crippen LogP contribution in [0.15, 0.2) is 18.2 Å². The van der Waals surface area contributed by atoms with Gasteiger partial charge in [-0.15, -0.1) is 0 Å². The van der Waals surface area contributed by atoms with Gasteiger partial charge in [-0.2, -0.15) is 0 Å². The Morgan fingerprint density at radius 3 is 2.75 bits per heavy atom. The number of nitrogens with two attached hydrogens (primary N) is 1. The van der Waals surface area contributed by atoms with Crippen LogP contribution in [0.5, 0.6) is 0 Å². The highest BCUT2D eigenvalue weighted by molar-refractivity contribution is 5.91. The average Bonchev–Trinajstić information content (AvgIpc) is 2.29. The maximum Gasteiger partial charge on any atom is 0.225 e. The Bertz CT molecular complexity index is 472. The first-order valence-corrected chi connectivity index (χ1v) is 6.43. The lowest BCUT2D eigenvalue weighted by molar-refractivity contribution is -0.116. The number of anilines is 2. The van der Waals surface area contributed by atoms with Gasteiger partial charge in [0.15, 0.2) is 0 Å². The highest BCUT2D eigenvalue weighted by Gasteiger charge is 2.16. The summed E-state index contributed by atoms with van der Waals surface area (Å²) in [6, 6.07) is 4.03. The van der Waals surface area contributed by atoms with Crippen molar-refractivity contribution >= 4 is 17.3 Å². The van der Waals surface area contributed by atoms with E-state index in [4.69, 9.17) is 5.73 Å². The van der Waals surface area contributed by atoms with Crippen molar-refractivity contribution in [2.45, 2.75) is 25.9 Å². The zero-order valence-electron chi connectivity index (χ0n) is 12.1. The number of nitrogens with zero attached hydrogens (tertiary/aromatic N) is 1. The van der Waals surface area contributed by atoms with Gasteiger partial charge in [0.25, 0.3) is 0 Å². The first-order valence-electron chi connectivity index (χ1n) is 6.43. The van der Waals surface area contributed by atoms with Crippen LogP contribution in [0.1, 0.15) is 20.3 Å². The molecule has 0 unspecified atom stereocenters. The SMILES string of the molecule is CN(CCC(=O)Nc1cc(N)ccc1F)CC(C)(C)O. The molecule has 0 aliphatic heterocycles. The molecule has 0 heterocycles. The minimum absolute atomic E-state index is 0.0835. The quantitative estimate of drug-likeness (QED) is 0.690. The van der Waals surface area contributed by atoms with Crippen LogP contribution in [0.25, 0.3) is 0 Å². The molecule has 0 aliphatic rings. The lowest BCUT2D eigenvalue weighted by Crippen LogP contribution is -2.37. The number of carbonyl (C=O) groups is 1. The zero-order chi connectivity index (χ0) is 15.3. The summed E-state index contributed by atoms with van der Waals surface area (Å²) >= 11 is 0. The Kier molecular flexibility index (Phi) is 5.47. The highest BCUT2D eigenvalue weighted by atomic mass is 19.1. The Balaban J connectivity index is 2.46. The molecule has 1 aromatic rings. The number of carbonyl (C=O) groups excluding carboxylic acids is 1. The van der Waals surface area contributed by atoms with Gasteiger partial charge < -0.3 is 21.1 Å². The molecule has 112 valence electrons. The fourth-order valence-corrected chi connectivity index (χ4v) is 1.88. The third-order valence-corrected chi connectivity index (χ3v) is 2.64. The van der Waals surface area contributed by atoms with Crippen LogP contribution < -0.4 is 11.1 Å². The van der Waals surface area contributed by atoms with Crippen molar-refractivity contribution in [3.8, 4) is 0 Å². The minimum atomic E-state index is -0.814. The van der Waals surface area contributed by atoms with E-state index in [1.165, 1.54) is 18.2 Å². The Morgan fingerprint density at radius 1 is 1.50 bits per heavy atom. The van der Waals surface area contributed by atoms with E-state index in [0.717, 1.165) is 0 Å². The number of likely N-dealkylation sites (N-methyl/N-ethyl adjacent to an activating group) is 1. The fourth-order valence-electron chi connectivity index (χ4n) is 1.88. The molecule has 1 aromatic carbocycles. The average molecular weight is 283 g/mol. The predicted octanol–water partition coefficient (Wildman–Crippen LogP) is 1.44. The monoisotopic (exact) mass is 283 g/mol. The number of rotatable bonds is 6. The van der Waals surface area contributed by atoms with Crippen molar-refractivity contribution in [3.63, 3.8) is 0 Å². The largest absolute Gasteiger partial charge is 0.399 e. The molecule has 0 saturated carbocycles. The van der Waals surface area contributed by atoms with E-state index in [0.29, 0.717) is 18.8 Å². The van der Waals surface area contributed by atoms with E-state index in [9.17, 15) is 14.3 Å². The van der Waals surface area contributed by atoms with Gasteiger partial charge in [-0.1, -0.05) is 0 Å². The fraction of sp³-hybridized carbons (Fsp3) is 0.500. The maximum atomic E-state index is 13.4. The topological polar surface area (TPSA) is 78.6 Å². The van der Waals surface area contributed by atoms with E-state index in [1.54, 1.807) is 13.8 Å². The van der Waals surface area contributed by atoms with Crippen molar-refractivity contribution < 1.29 is 14.3 Å². The van der Waals surface area contributed by atoms with Crippen LogP contribution in [0.4, 0.5) is 15.8 Å². The van der Waals surface area contributed by atoms with E-state index < -0.39 is 11.4 Å². The lowest BCUT2D eigenvalue weighted by atomic mass is 10.1. The minimum Gasteiger partial charge on any atom is -0.399 e. The van der Waals surface area contributed by atoms with E-state index in [-0.39, 0.29) is 18.0 Å². The Hall–Kier alpha value is -1.66. The second-order valence-electron chi connectivity index (χ2n) is 5.59. The molecule has 0 aromatic heterocycles. The normalized spacial score (nSPS) is 11.7. The maximum absolute atomic E-state index is 13.4. The van der Waals surface area contributed by atoms with Crippen LogP contribution in [0, 0.1) is 5.82 Å². The molecule has 0 spiro atoms. The van der Waals surface area contributed by atoms with Crippen LogP contribution in [0.3, 0.4) is 0 Å². The number of benzene rings is 1. The van der Waals surface area contributed by atoms with Crippen molar-refractivity contribution in [1.82, 2.24) is 4.90 Å². The Labute approximate surface area is 118 Å². The van der Waals surface area contributed by atoms with Crippen LogP contribution in [0.2, 0.25) is 0 Å². The number of amides is 1. The number of hydrogen-bond acceptors (Lipinski definition) is 4. The van der Waals surface area contributed by atoms with Crippen LogP contribution in [-0.4, -0.2) is 41.7 Å². The van der Waals surface area contributed by atoms with Crippen molar-refractivity contribution in [2.24, 2.45) is 0 Å². The molecule has 6 heteroatoms. The summed E-state index contributed by atoms with van der Waals surface area (Å²) in [6.07, 6.45) is 0.209. The summed E-state index contributed by atoms with van der Waals surface area (Å²) in [6.45, 7) is 4.32. The predicted molar refractivity (Wildman–Crippen MR) is 77.9 cm³/mol. The molecule has 0 fully saturated rings. The van der Waals surface area contributed by atoms with Gasteiger partial charge in [-0.05, 0) is 39.1 Å². The molecule has 20 heavy (non-hydrogen) atoms. The number of halogens is 1. The third-order valence-electron chi connectivity index (χ3n) is 2.64. The molecule has 1 amide bonds. The van der Waals surface area contributed by atoms with Crippen molar-refractivity contribution in [2.75, 3.05) is 31.2 Å². The summed E-state index contributed by atoms with van der Waals surface area (Å²) in [5, 5.41) is 12.1. The first kappa shape index (κ1) is 16.4. The number of nitrogens with one attached hydrogen (secondary N) is 1. The van der Waals surface area contributed by atoms with E-state index in [1.807, 2.05) is 11.9 Å². The smallest absolute Gasteiger partial charge is 0.225 e. The van der Waals surface area contributed by atoms with Crippen molar-refractivity contribution in [3.05, 3.63) is 24.0 Å². The van der Waals surface area contributed by atoms with Gasteiger partial charge in [0.2, 0.25) is 5.91 Å². The molecule has 0 aliphatic carbocycles. The van der Waals surface area contributed by atoms with Gasteiger partial charge in [0, 0.05) is 25.2 Å². The lowest BCUT2D eigenvalue weighted by Gasteiger charge is -2.25. The number of hydrogen-bond donors (Lipinski definition) is 3. The van der Waals surface area contributed by atoms with Gasteiger partial charge in [-0.25, -0.2) is 4.39 Å². The van der Waals surface area contributed by atoms with Gasteiger partial charge in [-0.3, -0.25) is 4.79 Å².